The highest BCUT2D eigenvalue weighted by Crippen LogP contribution is 2.29. The van der Waals surface area contributed by atoms with Gasteiger partial charge in [0, 0.05) is 22.8 Å². The standard InChI is InChI=1S/C16H12F3N3O3/c1-10-5-6-11(7-14(10)22(24)25)9-20-21-15(23)12-3-2-4-13(8-12)16(17,18)19/h2-9H,1H3,(H,21,23)/b20-9-. The van der Waals surface area contributed by atoms with Crippen molar-refractivity contribution in [3.8, 4) is 0 Å². The first-order valence-corrected chi connectivity index (χ1v) is 6.94. The fourth-order valence-corrected chi connectivity index (χ4v) is 1.97. The van der Waals surface area contributed by atoms with Gasteiger partial charge in [-0.25, -0.2) is 5.43 Å². The average molecular weight is 351 g/mol. The largest absolute Gasteiger partial charge is 0.416 e. The Morgan fingerprint density at radius 1 is 1.24 bits per heavy atom. The topological polar surface area (TPSA) is 84.6 Å². The zero-order valence-electron chi connectivity index (χ0n) is 12.9. The van der Waals surface area contributed by atoms with E-state index in [4.69, 9.17) is 0 Å². The Morgan fingerprint density at radius 2 is 1.96 bits per heavy atom. The number of rotatable bonds is 4. The van der Waals surface area contributed by atoms with Gasteiger partial charge in [-0.2, -0.15) is 18.3 Å². The van der Waals surface area contributed by atoms with Crippen LogP contribution in [0.5, 0.6) is 0 Å². The van der Waals surface area contributed by atoms with E-state index in [0.29, 0.717) is 17.2 Å². The number of nitro benzene ring substituents is 1. The van der Waals surface area contributed by atoms with Gasteiger partial charge in [0.05, 0.1) is 16.7 Å². The number of nitrogens with zero attached hydrogens (tertiary/aromatic N) is 2. The number of hydrazone groups is 1. The third kappa shape index (κ3) is 4.63. The Kier molecular flexibility index (Phi) is 5.16. The lowest BCUT2D eigenvalue weighted by Gasteiger charge is -2.07. The average Bonchev–Trinajstić information content (AvgIpc) is 2.55. The normalized spacial score (nSPS) is 11.5. The summed E-state index contributed by atoms with van der Waals surface area (Å²) in [5, 5.41) is 14.5. The van der Waals surface area contributed by atoms with Crippen LogP contribution in [0.25, 0.3) is 0 Å². The van der Waals surface area contributed by atoms with Crippen LogP contribution in [0, 0.1) is 17.0 Å². The van der Waals surface area contributed by atoms with Crippen molar-refractivity contribution in [3.63, 3.8) is 0 Å². The number of nitro groups is 1. The van der Waals surface area contributed by atoms with Crippen molar-refractivity contribution >= 4 is 17.8 Å². The molecule has 1 N–H and O–H groups in total. The van der Waals surface area contributed by atoms with Gasteiger partial charge in [-0.1, -0.05) is 18.2 Å². The molecule has 0 unspecified atom stereocenters. The Hall–Kier alpha value is -3.23. The number of benzene rings is 2. The molecular formula is C16H12F3N3O3. The molecule has 0 saturated carbocycles. The van der Waals surface area contributed by atoms with Gasteiger partial charge in [-0.3, -0.25) is 14.9 Å². The van der Waals surface area contributed by atoms with Crippen molar-refractivity contribution in [2.45, 2.75) is 13.1 Å². The van der Waals surface area contributed by atoms with Gasteiger partial charge in [0.15, 0.2) is 0 Å². The van der Waals surface area contributed by atoms with E-state index >= 15 is 0 Å². The number of alkyl halides is 3. The summed E-state index contributed by atoms with van der Waals surface area (Å²) in [6.07, 6.45) is -3.39. The van der Waals surface area contributed by atoms with Crippen molar-refractivity contribution in [1.82, 2.24) is 5.43 Å². The van der Waals surface area contributed by atoms with Crippen LogP contribution in [0.2, 0.25) is 0 Å². The van der Waals surface area contributed by atoms with E-state index in [2.05, 4.69) is 10.5 Å². The van der Waals surface area contributed by atoms with Crippen molar-refractivity contribution in [1.29, 1.82) is 0 Å². The second-order valence-electron chi connectivity index (χ2n) is 5.08. The summed E-state index contributed by atoms with van der Waals surface area (Å²) in [5.41, 5.74) is 1.66. The summed E-state index contributed by atoms with van der Waals surface area (Å²) >= 11 is 0. The van der Waals surface area contributed by atoms with E-state index in [-0.39, 0.29) is 11.3 Å². The lowest BCUT2D eigenvalue weighted by molar-refractivity contribution is -0.385. The van der Waals surface area contributed by atoms with E-state index in [1.807, 2.05) is 0 Å². The minimum absolute atomic E-state index is 0.104. The smallest absolute Gasteiger partial charge is 0.267 e. The predicted molar refractivity (Wildman–Crippen MR) is 84.3 cm³/mol. The van der Waals surface area contributed by atoms with Crippen LogP contribution in [-0.2, 0) is 6.18 Å². The fourth-order valence-electron chi connectivity index (χ4n) is 1.97. The molecule has 9 heteroatoms. The second-order valence-corrected chi connectivity index (χ2v) is 5.08. The molecule has 0 aliphatic rings. The number of aryl methyl sites for hydroxylation is 1. The summed E-state index contributed by atoms with van der Waals surface area (Å²) in [4.78, 5) is 22.1. The van der Waals surface area contributed by atoms with Crippen LogP contribution in [0.3, 0.4) is 0 Å². The third-order valence-electron chi connectivity index (χ3n) is 3.26. The maximum atomic E-state index is 12.6. The van der Waals surface area contributed by atoms with E-state index in [9.17, 15) is 28.1 Å². The molecule has 0 aliphatic heterocycles. The minimum Gasteiger partial charge on any atom is -0.267 e. The van der Waals surface area contributed by atoms with Crippen molar-refractivity contribution in [3.05, 3.63) is 74.8 Å². The molecular weight excluding hydrogens is 339 g/mol. The Balaban J connectivity index is 2.11. The molecule has 2 aromatic carbocycles. The molecule has 1 amide bonds. The van der Waals surface area contributed by atoms with Crippen LogP contribution in [0.1, 0.15) is 27.0 Å². The quantitative estimate of drug-likeness (QED) is 0.518. The van der Waals surface area contributed by atoms with Crippen LogP contribution >= 0.6 is 0 Å². The van der Waals surface area contributed by atoms with Crippen LogP contribution in [-0.4, -0.2) is 17.0 Å². The van der Waals surface area contributed by atoms with Crippen LogP contribution in [0.15, 0.2) is 47.6 Å². The second kappa shape index (κ2) is 7.12. The summed E-state index contributed by atoms with van der Waals surface area (Å²) < 4.78 is 37.9. The summed E-state index contributed by atoms with van der Waals surface area (Å²) in [5.74, 6) is -0.830. The SMILES string of the molecule is Cc1ccc(/C=N\NC(=O)c2cccc(C(F)(F)F)c2)cc1[N+](=O)[O-]. The van der Waals surface area contributed by atoms with Crippen molar-refractivity contribution in [2.24, 2.45) is 5.10 Å². The number of nitrogens with one attached hydrogen (secondary N) is 1. The number of hydrogen-bond donors (Lipinski definition) is 1. The van der Waals surface area contributed by atoms with Crippen LogP contribution in [0.4, 0.5) is 18.9 Å². The first-order chi connectivity index (χ1) is 11.7. The fraction of sp³-hybridized carbons (Fsp3) is 0.125. The van der Waals surface area contributed by atoms with E-state index in [1.165, 1.54) is 18.2 Å². The van der Waals surface area contributed by atoms with Gasteiger partial charge in [-0.15, -0.1) is 0 Å². The lowest BCUT2D eigenvalue weighted by Crippen LogP contribution is -2.18. The number of amides is 1. The summed E-state index contributed by atoms with van der Waals surface area (Å²) in [7, 11) is 0. The van der Waals surface area contributed by atoms with E-state index in [0.717, 1.165) is 18.3 Å². The minimum atomic E-state index is -4.56. The number of halogens is 3. The molecule has 130 valence electrons. The molecule has 0 radical (unpaired) electrons. The predicted octanol–water partition coefficient (Wildman–Crippen LogP) is 3.69. The molecule has 2 rings (SSSR count). The molecule has 0 aliphatic carbocycles. The summed E-state index contributed by atoms with van der Waals surface area (Å²) in [6, 6.07) is 8.25. The Morgan fingerprint density at radius 3 is 2.60 bits per heavy atom. The number of hydrogen-bond acceptors (Lipinski definition) is 4. The molecule has 0 bridgehead atoms. The molecule has 0 heterocycles. The van der Waals surface area contributed by atoms with Gasteiger partial charge in [0.2, 0.25) is 0 Å². The van der Waals surface area contributed by atoms with E-state index < -0.39 is 22.6 Å². The molecule has 0 fully saturated rings. The first-order valence-electron chi connectivity index (χ1n) is 6.94. The number of carbonyl (C=O) groups excluding carboxylic acids is 1. The molecule has 2 aromatic rings. The molecule has 25 heavy (non-hydrogen) atoms. The lowest BCUT2D eigenvalue weighted by atomic mass is 10.1. The van der Waals surface area contributed by atoms with Gasteiger partial charge in [0.25, 0.3) is 11.6 Å². The maximum Gasteiger partial charge on any atom is 0.416 e. The summed E-state index contributed by atoms with van der Waals surface area (Å²) in [6.45, 7) is 1.58. The Bertz CT molecular complexity index is 848. The Labute approximate surface area is 140 Å². The monoisotopic (exact) mass is 351 g/mol. The van der Waals surface area contributed by atoms with Crippen molar-refractivity contribution in [2.75, 3.05) is 0 Å². The molecule has 0 atom stereocenters. The maximum absolute atomic E-state index is 12.6. The first kappa shape index (κ1) is 18.1. The molecule has 0 saturated heterocycles. The highest BCUT2D eigenvalue weighted by Gasteiger charge is 2.30. The molecule has 0 aromatic heterocycles. The molecule has 6 nitrogen and oxygen atoms in total. The number of carbonyl (C=O) groups is 1. The zero-order valence-corrected chi connectivity index (χ0v) is 12.9. The molecule has 0 spiro atoms. The highest BCUT2D eigenvalue weighted by molar-refractivity contribution is 5.95. The third-order valence-corrected chi connectivity index (χ3v) is 3.26. The van der Waals surface area contributed by atoms with Gasteiger partial charge >= 0.3 is 6.18 Å². The van der Waals surface area contributed by atoms with Crippen LogP contribution < -0.4 is 5.43 Å². The van der Waals surface area contributed by atoms with Gasteiger partial charge in [0.1, 0.15) is 0 Å². The zero-order chi connectivity index (χ0) is 18.6. The van der Waals surface area contributed by atoms with Gasteiger partial charge < -0.3 is 0 Å². The van der Waals surface area contributed by atoms with E-state index in [1.54, 1.807) is 13.0 Å². The van der Waals surface area contributed by atoms with Crippen molar-refractivity contribution < 1.29 is 22.9 Å². The highest BCUT2D eigenvalue weighted by atomic mass is 19.4. The van der Waals surface area contributed by atoms with Gasteiger partial charge in [-0.05, 0) is 25.1 Å².